The molecule has 118 valence electrons. The summed E-state index contributed by atoms with van der Waals surface area (Å²) in [4.78, 5) is 4.22. The smallest absolute Gasteiger partial charge is 0.228 e. The predicted molar refractivity (Wildman–Crippen MR) is 74.5 cm³/mol. The molecule has 3 rings (SSSR count). The van der Waals surface area contributed by atoms with E-state index in [0.717, 1.165) is 0 Å². The number of nitrogens with zero attached hydrogens (tertiary/aromatic N) is 2. The van der Waals surface area contributed by atoms with Crippen LogP contribution < -0.4 is 5.32 Å². The third-order valence-corrected chi connectivity index (χ3v) is 7.31. The monoisotopic (exact) mass is 335 g/mol. The normalized spacial score (nSPS) is 31.2. The quantitative estimate of drug-likeness (QED) is 0.739. The van der Waals surface area contributed by atoms with E-state index in [1.165, 1.54) is 0 Å². The van der Waals surface area contributed by atoms with Crippen molar-refractivity contribution in [3.8, 4) is 0 Å². The lowest BCUT2D eigenvalue weighted by molar-refractivity contribution is 0.355. The molecule has 0 saturated carbocycles. The van der Waals surface area contributed by atoms with Gasteiger partial charge in [-0.05, 0) is 6.42 Å². The molecule has 2 aliphatic heterocycles. The van der Waals surface area contributed by atoms with Crippen molar-refractivity contribution >= 4 is 19.7 Å². The number of aromatic nitrogens is 2. The topological polar surface area (TPSA) is 119 Å². The molecule has 10 heteroatoms. The molecule has 2 fully saturated rings. The Kier molecular flexibility index (Phi) is 3.78. The third-order valence-electron chi connectivity index (χ3n) is 3.80. The van der Waals surface area contributed by atoms with Crippen LogP contribution in [0, 0.1) is 0 Å². The Morgan fingerprint density at radius 1 is 1.14 bits per heavy atom. The Morgan fingerprint density at radius 3 is 2.57 bits per heavy atom. The van der Waals surface area contributed by atoms with E-state index in [2.05, 4.69) is 15.5 Å². The minimum Gasteiger partial charge on any atom is -0.339 e. The molecule has 0 spiro atoms. The maximum absolute atomic E-state index is 11.6. The maximum atomic E-state index is 11.6. The molecule has 2 atom stereocenters. The fraction of sp³-hybridized carbons (Fsp3) is 0.818. The van der Waals surface area contributed by atoms with Crippen molar-refractivity contribution < 1.29 is 21.4 Å². The standard InChI is InChI=1S/C11H17N3O5S2/c15-20(16)3-1-8(6-20)11-13-10(19-14-11)5-9-7-21(17,18)4-2-12-9/h8-9,12H,1-7H2. The van der Waals surface area contributed by atoms with Crippen molar-refractivity contribution in [1.82, 2.24) is 15.5 Å². The molecule has 21 heavy (non-hydrogen) atoms. The molecule has 0 aliphatic carbocycles. The molecule has 0 radical (unpaired) electrons. The van der Waals surface area contributed by atoms with Gasteiger partial charge >= 0.3 is 0 Å². The molecule has 0 aromatic carbocycles. The van der Waals surface area contributed by atoms with E-state index in [9.17, 15) is 16.8 Å². The van der Waals surface area contributed by atoms with Gasteiger partial charge in [-0.2, -0.15) is 4.98 Å². The van der Waals surface area contributed by atoms with E-state index in [1.54, 1.807) is 0 Å². The first kappa shape index (κ1) is 14.9. The van der Waals surface area contributed by atoms with Gasteiger partial charge in [-0.3, -0.25) is 0 Å². The van der Waals surface area contributed by atoms with Gasteiger partial charge in [0.2, 0.25) is 5.89 Å². The first-order chi connectivity index (χ1) is 9.83. The molecule has 8 nitrogen and oxygen atoms in total. The van der Waals surface area contributed by atoms with Gasteiger partial charge in [0.15, 0.2) is 25.5 Å². The van der Waals surface area contributed by atoms with Gasteiger partial charge in [-0.15, -0.1) is 0 Å². The summed E-state index contributed by atoms with van der Waals surface area (Å²) in [7, 11) is -6.00. The van der Waals surface area contributed by atoms with E-state index in [-0.39, 0.29) is 35.0 Å². The van der Waals surface area contributed by atoms with Crippen molar-refractivity contribution in [2.24, 2.45) is 0 Å². The lowest BCUT2D eigenvalue weighted by Gasteiger charge is -2.21. The van der Waals surface area contributed by atoms with Gasteiger partial charge in [0, 0.05) is 24.9 Å². The van der Waals surface area contributed by atoms with E-state index < -0.39 is 19.7 Å². The van der Waals surface area contributed by atoms with Crippen LogP contribution in [-0.4, -0.2) is 62.6 Å². The average molecular weight is 335 g/mol. The Bertz CT molecular complexity index is 725. The van der Waals surface area contributed by atoms with Crippen molar-refractivity contribution in [3.05, 3.63) is 11.7 Å². The summed E-state index contributed by atoms with van der Waals surface area (Å²) in [5, 5.41) is 6.95. The van der Waals surface area contributed by atoms with Crippen LogP contribution in [0.1, 0.15) is 24.1 Å². The van der Waals surface area contributed by atoms with Gasteiger partial charge in [0.1, 0.15) is 0 Å². The zero-order valence-corrected chi connectivity index (χ0v) is 13.0. The van der Waals surface area contributed by atoms with Crippen molar-refractivity contribution in [1.29, 1.82) is 0 Å². The fourth-order valence-electron chi connectivity index (χ4n) is 2.72. The molecule has 2 saturated heterocycles. The SMILES string of the molecule is O=S1(=O)CCNC(Cc2nc(C3CCS(=O)(=O)C3)no2)C1. The highest BCUT2D eigenvalue weighted by atomic mass is 32.2. The molecule has 1 aromatic heterocycles. The third kappa shape index (κ3) is 3.61. The van der Waals surface area contributed by atoms with Gasteiger partial charge in [-0.25, -0.2) is 16.8 Å². The van der Waals surface area contributed by atoms with Crippen molar-refractivity contribution in [2.45, 2.75) is 24.8 Å². The summed E-state index contributed by atoms with van der Waals surface area (Å²) in [5.74, 6) is 0.969. The van der Waals surface area contributed by atoms with E-state index >= 15 is 0 Å². The van der Waals surface area contributed by atoms with Crippen LogP contribution in [0.15, 0.2) is 4.52 Å². The Morgan fingerprint density at radius 2 is 1.90 bits per heavy atom. The van der Waals surface area contributed by atoms with Crippen LogP contribution in [0.5, 0.6) is 0 Å². The molecule has 1 aromatic rings. The van der Waals surface area contributed by atoms with Crippen LogP contribution in [0.4, 0.5) is 0 Å². The van der Waals surface area contributed by atoms with Crippen molar-refractivity contribution in [2.75, 3.05) is 29.6 Å². The van der Waals surface area contributed by atoms with Crippen LogP contribution in [0.3, 0.4) is 0 Å². The summed E-state index contributed by atoms with van der Waals surface area (Å²) < 4.78 is 51.1. The number of nitrogens with one attached hydrogen (secondary N) is 1. The van der Waals surface area contributed by atoms with Crippen LogP contribution in [0.25, 0.3) is 0 Å². The number of hydrogen-bond acceptors (Lipinski definition) is 8. The van der Waals surface area contributed by atoms with Crippen LogP contribution >= 0.6 is 0 Å². The lowest BCUT2D eigenvalue weighted by atomic mass is 10.1. The second kappa shape index (κ2) is 5.33. The van der Waals surface area contributed by atoms with Gasteiger partial charge in [0.05, 0.1) is 23.0 Å². The van der Waals surface area contributed by atoms with Crippen LogP contribution in [0.2, 0.25) is 0 Å². The number of rotatable bonds is 3. The summed E-state index contributed by atoms with van der Waals surface area (Å²) in [6, 6.07) is -0.232. The zero-order valence-electron chi connectivity index (χ0n) is 11.4. The minimum absolute atomic E-state index is 0.0576. The van der Waals surface area contributed by atoms with Gasteiger partial charge in [-0.1, -0.05) is 5.16 Å². The Labute approximate surface area is 123 Å². The molecule has 0 bridgehead atoms. The van der Waals surface area contributed by atoms with Crippen molar-refractivity contribution in [3.63, 3.8) is 0 Å². The summed E-state index contributed by atoms with van der Waals surface area (Å²) in [6.45, 7) is 0.425. The highest BCUT2D eigenvalue weighted by molar-refractivity contribution is 7.91. The fourth-order valence-corrected chi connectivity index (χ4v) is 5.91. The molecule has 3 heterocycles. The summed E-state index contributed by atoms with van der Waals surface area (Å²) >= 11 is 0. The highest BCUT2D eigenvalue weighted by Crippen LogP contribution is 2.26. The van der Waals surface area contributed by atoms with Gasteiger partial charge < -0.3 is 9.84 Å². The largest absolute Gasteiger partial charge is 0.339 e. The first-order valence-electron chi connectivity index (χ1n) is 6.80. The van der Waals surface area contributed by atoms with E-state index in [0.29, 0.717) is 31.1 Å². The average Bonchev–Trinajstić information content (AvgIpc) is 2.94. The lowest BCUT2D eigenvalue weighted by Crippen LogP contribution is -2.46. The van der Waals surface area contributed by atoms with E-state index in [1.807, 2.05) is 0 Å². The predicted octanol–water partition coefficient (Wildman–Crippen LogP) is -1.10. The molecule has 2 unspecified atom stereocenters. The Balaban J connectivity index is 1.66. The summed E-state index contributed by atoms with van der Waals surface area (Å²) in [5.41, 5.74) is 0. The van der Waals surface area contributed by atoms with Crippen LogP contribution in [-0.2, 0) is 26.1 Å². The summed E-state index contributed by atoms with van der Waals surface area (Å²) in [6.07, 6.45) is 0.850. The van der Waals surface area contributed by atoms with Gasteiger partial charge in [0.25, 0.3) is 0 Å². The Hall–Kier alpha value is -1.00. The first-order valence-corrected chi connectivity index (χ1v) is 10.4. The zero-order chi connectivity index (χ0) is 15.1. The molecule has 1 N–H and O–H groups in total. The highest BCUT2D eigenvalue weighted by Gasteiger charge is 2.33. The minimum atomic E-state index is -3.01. The molecule has 0 amide bonds. The van der Waals surface area contributed by atoms with E-state index in [4.69, 9.17) is 4.52 Å². The number of hydrogen-bond donors (Lipinski definition) is 1. The molecular weight excluding hydrogens is 318 g/mol. The second-order valence-corrected chi connectivity index (χ2v) is 10.1. The second-order valence-electron chi connectivity index (χ2n) is 5.62. The molecular formula is C11H17N3O5S2. The maximum Gasteiger partial charge on any atom is 0.228 e. The molecule has 2 aliphatic rings. The number of sulfone groups is 2.